The van der Waals surface area contributed by atoms with E-state index < -0.39 is 0 Å². The predicted molar refractivity (Wildman–Crippen MR) is 106 cm³/mol. The first-order valence-electron chi connectivity index (χ1n) is 9.83. The van der Waals surface area contributed by atoms with Crippen LogP contribution in [0.5, 0.6) is 0 Å². The molecule has 0 saturated carbocycles. The van der Waals surface area contributed by atoms with E-state index in [1.807, 2.05) is 52.2 Å². The number of hydrogen-bond acceptors (Lipinski definition) is 2. The zero-order chi connectivity index (χ0) is 19.3. The topological polar surface area (TPSA) is 38.1 Å². The molecule has 5 heteroatoms. The Morgan fingerprint density at radius 1 is 1.07 bits per heavy atom. The minimum Gasteiger partial charge on any atom is -0.332 e. The van der Waals surface area contributed by atoms with E-state index in [1.165, 1.54) is 6.07 Å². The maximum atomic E-state index is 13.8. The molecule has 4 rings (SSSR count). The van der Waals surface area contributed by atoms with Crippen LogP contribution in [0.15, 0.2) is 67.0 Å². The van der Waals surface area contributed by atoms with Gasteiger partial charge in [0.2, 0.25) is 0 Å². The van der Waals surface area contributed by atoms with E-state index in [4.69, 9.17) is 0 Å². The van der Waals surface area contributed by atoms with Crippen LogP contribution in [0.2, 0.25) is 0 Å². The van der Waals surface area contributed by atoms with Crippen molar-refractivity contribution in [2.75, 3.05) is 6.54 Å². The smallest absolute Gasteiger partial charge is 0.254 e. The lowest BCUT2D eigenvalue weighted by Crippen LogP contribution is -2.35. The molecule has 3 aromatic rings. The molecule has 0 unspecified atom stereocenters. The minimum atomic E-state index is -0.254. The van der Waals surface area contributed by atoms with Crippen molar-refractivity contribution in [3.8, 4) is 0 Å². The van der Waals surface area contributed by atoms with Crippen LogP contribution in [0.25, 0.3) is 0 Å². The molecule has 0 N–H and O–H groups in total. The number of carbonyl (C=O) groups is 1. The van der Waals surface area contributed by atoms with E-state index in [2.05, 4.69) is 5.10 Å². The summed E-state index contributed by atoms with van der Waals surface area (Å²) in [6, 6.07) is 16.2. The van der Waals surface area contributed by atoms with E-state index in [0.29, 0.717) is 18.7 Å². The highest BCUT2D eigenvalue weighted by atomic mass is 19.1. The van der Waals surface area contributed by atoms with Crippen molar-refractivity contribution in [3.63, 3.8) is 0 Å². The molecule has 1 aliphatic heterocycles. The van der Waals surface area contributed by atoms with Crippen LogP contribution in [0, 0.1) is 5.82 Å². The Balaban J connectivity index is 1.61. The standard InChI is InChI=1S/C23H24FN3O/c24-21-10-5-8-19(16-21)22-11-2-1-3-14-27(22)23(28)20-9-4-7-18(15-20)17-26-13-6-12-25-26/h4-10,12-13,15-16,22H,1-3,11,14,17H2/t22-/m1/s1. The number of halogens is 1. The van der Waals surface area contributed by atoms with E-state index >= 15 is 0 Å². The largest absolute Gasteiger partial charge is 0.332 e. The summed E-state index contributed by atoms with van der Waals surface area (Å²) < 4.78 is 15.6. The van der Waals surface area contributed by atoms with Crippen LogP contribution in [0.4, 0.5) is 4.39 Å². The lowest BCUT2D eigenvalue weighted by atomic mass is 9.99. The van der Waals surface area contributed by atoms with Gasteiger partial charge in [-0.2, -0.15) is 5.10 Å². The monoisotopic (exact) mass is 377 g/mol. The fraction of sp³-hybridized carbons (Fsp3) is 0.304. The van der Waals surface area contributed by atoms with Crippen molar-refractivity contribution in [1.29, 1.82) is 0 Å². The molecule has 0 radical (unpaired) electrons. The fourth-order valence-electron chi connectivity index (χ4n) is 3.96. The Hall–Kier alpha value is -2.95. The summed E-state index contributed by atoms with van der Waals surface area (Å²) in [5.41, 5.74) is 2.59. The second kappa shape index (κ2) is 8.38. The molecule has 1 saturated heterocycles. The van der Waals surface area contributed by atoms with Crippen molar-refractivity contribution in [1.82, 2.24) is 14.7 Å². The predicted octanol–water partition coefficient (Wildman–Crippen LogP) is 4.83. The van der Waals surface area contributed by atoms with Crippen molar-refractivity contribution in [3.05, 3.63) is 89.5 Å². The summed E-state index contributed by atoms with van der Waals surface area (Å²) >= 11 is 0. The maximum Gasteiger partial charge on any atom is 0.254 e. The first-order valence-corrected chi connectivity index (χ1v) is 9.83. The number of hydrogen-bond donors (Lipinski definition) is 0. The molecule has 144 valence electrons. The minimum absolute atomic E-state index is 0.0125. The zero-order valence-electron chi connectivity index (χ0n) is 15.8. The molecular formula is C23H24FN3O. The Morgan fingerprint density at radius 3 is 2.79 bits per heavy atom. The van der Waals surface area contributed by atoms with Crippen LogP contribution < -0.4 is 0 Å². The summed E-state index contributed by atoms with van der Waals surface area (Å²) in [4.78, 5) is 15.3. The number of likely N-dealkylation sites (tertiary alicyclic amines) is 1. The molecule has 0 bridgehead atoms. The first kappa shape index (κ1) is 18.4. The molecule has 1 aromatic heterocycles. The van der Waals surface area contributed by atoms with Crippen molar-refractivity contribution in [2.24, 2.45) is 0 Å². The Morgan fingerprint density at radius 2 is 1.96 bits per heavy atom. The van der Waals surface area contributed by atoms with Crippen LogP contribution in [0.1, 0.15) is 53.2 Å². The Labute approximate surface area is 164 Å². The summed E-state index contributed by atoms with van der Waals surface area (Å²) in [5.74, 6) is -0.242. The Bertz CT molecular complexity index is 939. The lowest BCUT2D eigenvalue weighted by Gasteiger charge is -2.31. The average Bonchev–Trinajstić information content (AvgIpc) is 3.09. The quantitative estimate of drug-likeness (QED) is 0.653. The molecule has 2 aromatic carbocycles. The third kappa shape index (κ3) is 4.14. The molecule has 1 fully saturated rings. The average molecular weight is 377 g/mol. The molecule has 4 nitrogen and oxygen atoms in total. The summed E-state index contributed by atoms with van der Waals surface area (Å²) in [6.45, 7) is 1.32. The third-order valence-corrected chi connectivity index (χ3v) is 5.32. The zero-order valence-corrected chi connectivity index (χ0v) is 15.8. The van der Waals surface area contributed by atoms with E-state index in [-0.39, 0.29) is 17.8 Å². The van der Waals surface area contributed by atoms with E-state index in [9.17, 15) is 9.18 Å². The van der Waals surface area contributed by atoms with Crippen molar-refractivity contribution >= 4 is 5.91 Å². The second-order valence-corrected chi connectivity index (χ2v) is 7.32. The van der Waals surface area contributed by atoms with Gasteiger partial charge in [-0.1, -0.05) is 37.1 Å². The summed E-state index contributed by atoms with van der Waals surface area (Å²) in [5, 5.41) is 4.23. The van der Waals surface area contributed by atoms with Crippen LogP contribution in [-0.4, -0.2) is 27.1 Å². The lowest BCUT2D eigenvalue weighted by molar-refractivity contribution is 0.0680. The van der Waals surface area contributed by atoms with Gasteiger partial charge in [0.1, 0.15) is 5.82 Å². The molecule has 0 aliphatic carbocycles. The van der Waals surface area contributed by atoms with Gasteiger partial charge in [0, 0.05) is 24.5 Å². The van der Waals surface area contributed by atoms with Gasteiger partial charge in [-0.3, -0.25) is 9.48 Å². The first-order chi connectivity index (χ1) is 13.7. The van der Waals surface area contributed by atoms with Crippen LogP contribution >= 0.6 is 0 Å². The van der Waals surface area contributed by atoms with Gasteiger partial charge in [-0.25, -0.2) is 4.39 Å². The summed E-state index contributed by atoms with van der Waals surface area (Å²) in [7, 11) is 0. The number of benzene rings is 2. The number of amides is 1. The van der Waals surface area contributed by atoms with Crippen molar-refractivity contribution in [2.45, 2.75) is 38.3 Å². The molecule has 0 spiro atoms. The third-order valence-electron chi connectivity index (χ3n) is 5.32. The molecular weight excluding hydrogens is 353 g/mol. The van der Waals surface area contributed by atoms with Gasteiger partial charge in [0.15, 0.2) is 0 Å². The van der Waals surface area contributed by atoms with Gasteiger partial charge in [-0.05, 0) is 54.3 Å². The molecule has 1 aliphatic rings. The van der Waals surface area contributed by atoms with Crippen molar-refractivity contribution < 1.29 is 9.18 Å². The molecule has 1 atom stereocenters. The Kier molecular flexibility index (Phi) is 5.51. The molecule has 28 heavy (non-hydrogen) atoms. The number of rotatable bonds is 4. The maximum absolute atomic E-state index is 13.8. The van der Waals surface area contributed by atoms with Gasteiger partial charge in [0.05, 0.1) is 12.6 Å². The number of aromatic nitrogens is 2. The highest BCUT2D eigenvalue weighted by Crippen LogP contribution is 2.31. The summed E-state index contributed by atoms with van der Waals surface area (Å²) in [6.07, 6.45) is 7.63. The molecule has 2 heterocycles. The van der Waals surface area contributed by atoms with Gasteiger partial charge >= 0.3 is 0 Å². The van der Waals surface area contributed by atoms with Gasteiger partial charge < -0.3 is 4.90 Å². The van der Waals surface area contributed by atoms with E-state index in [0.717, 1.165) is 36.8 Å². The number of carbonyl (C=O) groups excluding carboxylic acids is 1. The SMILES string of the molecule is O=C(c1cccc(Cn2cccn2)c1)N1CCCCC[C@@H]1c1cccc(F)c1. The highest BCUT2D eigenvalue weighted by Gasteiger charge is 2.27. The van der Waals surface area contributed by atoms with E-state index in [1.54, 1.807) is 18.3 Å². The van der Waals surface area contributed by atoms with Gasteiger partial charge in [0.25, 0.3) is 5.91 Å². The highest BCUT2D eigenvalue weighted by molar-refractivity contribution is 5.94. The fourth-order valence-corrected chi connectivity index (χ4v) is 3.96. The normalized spacial score (nSPS) is 17.3. The number of nitrogens with zero attached hydrogens (tertiary/aromatic N) is 3. The molecule has 1 amide bonds. The van der Waals surface area contributed by atoms with Crippen LogP contribution in [-0.2, 0) is 6.54 Å². The van der Waals surface area contributed by atoms with Crippen LogP contribution in [0.3, 0.4) is 0 Å². The van der Waals surface area contributed by atoms with Gasteiger partial charge in [-0.15, -0.1) is 0 Å². The second-order valence-electron chi connectivity index (χ2n) is 7.32.